The summed E-state index contributed by atoms with van der Waals surface area (Å²) >= 11 is 0. The highest BCUT2D eigenvalue weighted by Crippen LogP contribution is 2.21. The van der Waals surface area contributed by atoms with Gasteiger partial charge in [-0.25, -0.2) is 0 Å². The van der Waals surface area contributed by atoms with Crippen molar-refractivity contribution in [1.82, 2.24) is 15.1 Å². The van der Waals surface area contributed by atoms with Crippen LogP contribution >= 0.6 is 0 Å². The Morgan fingerprint density at radius 2 is 1.28 bits per heavy atom. The van der Waals surface area contributed by atoms with E-state index < -0.39 is 0 Å². The topological polar surface area (TPSA) is 18.5 Å². The van der Waals surface area contributed by atoms with Crippen LogP contribution in [-0.2, 0) is 0 Å². The van der Waals surface area contributed by atoms with Crippen LogP contribution in [0.3, 0.4) is 0 Å². The van der Waals surface area contributed by atoms with Gasteiger partial charge in [0.15, 0.2) is 0 Å². The van der Waals surface area contributed by atoms with Crippen molar-refractivity contribution in [3.63, 3.8) is 0 Å². The van der Waals surface area contributed by atoms with Crippen LogP contribution < -0.4 is 5.32 Å². The van der Waals surface area contributed by atoms with Crippen LogP contribution in [0.2, 0.25) is 0 Å². The van der Waals surface area contributed by atoms with Gasteiger partial charge >= 0.3 is 0 Å². The number of hydrogen-bond acceptors (Lipinski definition) is 3. The maximum absolute atomic E-state index is 3.44. The summed E-state index contributed by atoms with van der Waals surface area (Å²) in [4.78, 5) is 5.34. The number of hydrogen-bond donors (Lipinski definition) is 1. The highest BCUT2D eigenvalue weighted by molar-refractivity contribution is 4.81. The van der Waals surface area contributed by atoms with Gasteiger partial charge in [-0.2, -0.15) is 0 Å². The monoisotopic (exact) mass is 253 g/mol. The van der Waals surface area contributed by atoms with Crippen molar-refractivity contribution in [3.05, 3.63) is 0 Å². The molecule has 2 aliphatic rings. The van der Waals surface area contributed by atoms with Gasteiger partial charge in [-0.3, -0.25) is 0 Å². The molecule has 3 nitrogen and oxygen atoms in total. The average Bonchev–Trinajstić information content (AvgIpc) is 2.57. The Morgan fingerprint density at radius 1 is 0.778 bits per heavy atom. The summed E-state index contributed by atoms with van der Waals surface area (Å²) in [6.07, 6.45) is 5.69. The van der Waals surface area contributed by atoms with Crippen molar-refractivity contribution >= 4 is 0 Å². The highest BCUT2D eigenvalue weighted by Gasteiger charge is 2.25. The van der Waals surface area contributed by atoms with E-state index in [-0.39, 0.29) is 0 Å². The summed E-state index contributed by atoms with van der Waals surface area (Å²) in [7, 11) is 0. The molecule has 0 unspecified atom stereocenters. The zero-order valence-corrected chi connectivity index (χ0v) is 12.4. The summed E-state index contributed by atoms with van der Waals surface area (Å²) in [5.74, 6) is 0. The van der Waals surface area contributed by atoms with Crippen LogP contribution in [0.4, 0.5) is 0 Å². The van der Waals surface area contributed by atoms with Gasteiger partial charge in [-0.1, -0.05) is 26.7 Å². The Hall–Kier alpha value is -0.120. The third kappa shape index (κ3) is 4.87. The minimum absolute atomic E-state index is 0.432. The first kappa shape index (κ1) is 14.3. The molecule has 1 N–H and O–H groups in total. The quantitative estimate of drug-likeness (QED) is 0.824. The molecule has 0 aromatic carbocycles. The number of likely N-dealkylation sites (tertiary alicyclic amines) is 1. The fourth-order valence-electron chi connectivity index (χ4n) is 3.42. The summed E-state index contributed by atoms with van der Waals surface area (Å²) in [5.41, 5.74) is 0.432. The first-order valence-corrected chi connectivity index (χ1v) is 7.81. The van der Waals surface area contributed by atoms with Gasteiger partial charge in [0.1, 0.15) is 0 Å². The largest absolute Gasteiger partial charge is 0.314 e. The molecule has 2 saturated heterocycles. The van der Waals surface area contributed by atoms with Gasteiger partial charge in [0.25, 0.3) is 0 Å². The maximum atomic E-state index is 3.44. The molecule has 0 radical (unpaired) electrons. The molecule has 106 valence electrons. The number of rotatable bonds is 4. The van der Waals surface area contributed by atoms with Gasteiger partial charge in [0.2, 0.25) is 0 Å². The Bertz CT molecular complexity index is 226. The standard InChI is InChI=1S/C15H31N3/c1-15(2,14-18-11-7-16-8-12-18)13-17-9-5-3-4-6-10-17/h16H,3-14H2,1-2H3. The van der Waals surface area contributed by atoms with Crippen LogP contribution in [-0.4, -0.2) is 62.2 Å². The lowest BCUT2D eigenvalue weighted by Crippen LogP contribution is -2.49. The normalized spacial score (nSPS) is 25.0. The zero-order chi connectivity index (χ0) is 12.8. The Labute approximate surface area is 113 Å². The van der Waals surface area contributed by atoms with Crippen molar-refractivity contribution in [2.24, 2.45) is 5.41 Å². The van der Waals surface area contributed by atoms with Crippen molar-refractivity contribution < 1.29 is 0 Å². The number of nitrogens with zero attached hydrogens (tertiary/aromatic N) is 2. The van der Waals surface area contributed by atoms with E-state index >= 15 is 0 Å². The molecule has 0 aromatic heterocycles. The van der Waals surface area contributed by atoms with Gasteiger partial charge in [0.05, 0.1) is 0 Å². The molecule has 3 heteroatoms. The van der Waals surface area contributed by atoms with Crippen molar-refractivity contribution in [2.75, 3.05) is 52.4 Å². The fraction of sp³-hybridized carbons (Fsp3) is 1.00. The van der Waals surface area contributed by atoms with Crippen LogP contribution in [0.15, 0.2) is 0 Å². The second-order valence-corrected chi connectivity index (χ2v) is 6.88. The first-order chi connectivity index (χ1) is 8.66. The van der Waals surface area contributed by atoms with Crippen LogP contribution in [0.25, 0.3) is 0 Å². The molecule has 0 aliphatic carbocycles. The van der Waals surface area contributed by atoms with Gasteiger partial charge in [-0.05, 0) is 31.3 Å². The SMILES string of the molecule is CC(C)(CN1CCCCCC1)CN1CCNCC1. The smallest absolute Gasteiger partial charge is 0.0108 e. The van der Waals surface area contributed by atoms with E-state index in [4.69, 9.17) is 0 Å². The van der Waals surface area contributed by atoms with Crippen molar-refractivity contribution in [2.45, 2.75) is 39.5 Å². The summed E-state index contributed by atoms with van der Waals surface area (Å²) < 4.78 is 0. The molecule has 0 saturated carbocycles. The van der Waals surface area contributed by atoms with Gasteiger partial charge < -0.3 is 15.1 Å². The maximum Gasteiger partial charge on any atom is 0.0108 e. The second kappa shape index (κ2) is 6.88. The van der Waals surface area contributed by atoms with Crippen molar-refractivity contribution in [1.29, 1.82) is 0 Å². The second-order valence-electron chi connectivity index (χ2n) is 6.88. The minimum Gasteiger partial charge on any atom is -0.314 e. The molecule has 0 atom stereocenters. The van der Waals surface area contributed by atoms with Crippen LogP contribution in [0, 0.1) is 5.41 Å². The summed E-state index contributed by atoms with van der Waals surface area (Å²) in [6.45, 7) is 14.9. The highest BCUT2D eigenvalue weighted by atomic mass is 15.2. The van der Waals surface area contributed by atoms with E-state index in [9.17, 15) is 0 Å². The van der Waals surface area contributed by atoms with Gasteiger partial charge in [0, 0.05) is 39.3 Å². The lowest BCUT2D eigenvalue weighted by atomic mass is 9.91. The molecule has 0 bridgehead atoms. The third-order valence-corrected chi connectivity index (χ3v) is 4.21. The molecule has 0 aromatic rings. The Morgan fingerprint density at radius 3 is 1.83 bits per heavy atom. The Balaban J connectivity index is 1.77. The van der Waals surface area contributed by atoms with E-state index in [0.29, 0.717) is 5.41 Å². The number of nitrogens with one attached hydrogen (secondary N) is 1. The molecule has 2 heterocycles. The number of piperazine rings is 1. The van der Waals surface area contributed by atoms with E-state index in [0.717, 1.165) is 0 Å². The lowest BCUT2D eigenvalue weighted by Gasteiger charge is -2.38. The molecule has 0 spiro atoms. The molecule has 18 heavy (non-hydrogen) atoms. The average molecular weight is 253 g/mol. The Kier molecular flexibility index (Phi) is 5.46. The van der Waals surface area contributed by atoms with Gasteiger partial charge in [-0.15, -0.1) is 0 Å². The predicted molar refractivity (Wildman–Crippen MR) is 78.0 cm³/mol. The summed E-state index contributed by atoms with van der Waals surface area (Å²) in [6, 6.07) is 0. The van der Waals surface area contributed by atoms with Crippen LogP contribution in [0.5, 0.6) is 0 Å². The van der Waals surface area contributed by atoms with E-state index in [1.165, 1.54) is 78.0 Å². The van der Waals surface area contributed by atoms with E-state index in [1.54, 1.807) is 0 Å². The van der Waals surface area contributed by atoms with E-state index in [2.05, 4.69) is 29.0 Å². The third-order valence-electron chi connectivity index (χ3n) is 4.21. The molecule has 2 rings (SSSR count). The fourth-order valence-corrected chi connectivity index (χ4v) is 3.42. The van der Waals surface area contributed by atoms with Crippen LogP contribution in [0.1, 0.15) is 39.5 Å². The molecular formula is C15H31N3. The molecule has 0 amide bonds. The molecular weight excluding hydrogens is 222 g/mol. The van der Waals surface area contributed by atoms with Crippen molar-refractivity contribution in [3.8, 4) is 0 Å². The predicted octanol–water partition coefficient (Wildman–Crippen LogP) is 1.79. The molecule has 2 aliphatic heterocycles. The minimum atomic E-state index is 0.432. The first-order valence-electron chi connectivity index (χ1n) is 7.81. The van der Waals surface area contributed by atoms with E-state index in [1.807, 2.05) is 0 Å². The lowest BCUT2D eigenvalue weighted by molar-refractivity contribution is 0.113. The molecule has 2 fully saturated rings. The summed E-state index contributed by atoms with van der Waals surface area (Å²) in [5, 5.41) is 3.44. The zero-order valence-electron chi connectivity index (χ0n) is 12.4.